The van der Waals surface area contributed by atoms with Gasteiger partial charge in [0, 0.05) is 12.3 Å². The molecule has 0 aromatic heterocycles. The van der Waals surface area contributed by atoms with E-state index in [-0.39, 0.29) is 5.66 Å². The van der Waals surface area contributed by atoms with Gasteiger partial charge in [0.1, 0.15) is 0 Å². The second kappa shape index (κ2) is 1.97. The topological polar surface area (TPSA) is 37.3 Å². The zero-order chi connectivity index (χ0) is 6.08. The molecular formula is C4H10O2P. The highest BCUT2D eigenvalue weighted by atomic mass is 31.2. The van der Waals surface area contributed by atoms with Gasteiger partial charge in [0.2, 0.25) is 0 Å². The number of rotatable bonds is 1. The molecule has 0 aliphatic carbocycles. The van der Waals surface area contributed by atoms with Crippen LogP contribution in [0.4, 0.5) is 0 Å². The molecule has 0 aromatic carbocycles. The molecule has 0 amide bonds. The Morgan fingerprint density at radius 2 is 2.00 bits per heavy atom. The van der Waals surface area contributed by atoms with E-state index in [1.165, 1.54) is 6.66 Å². The van der Waals surface area contributed by atoms with E-state index < -0.39 is 7.37 Å². The molecule has 0 fully saturated rings. The average Bonchev–Trinajstić information content (AvgIpc) is 1.31. The summed E-state index contributed by atoms with van der Waals surface area (Å²) in [5.74, 6) is 0. The predicted molar refractivity (Wildman–Crippen MR) is 30.6 cm³/mol. The Balaban J connectivity index is 3.80. The molecule has 3 heteroatoms. The molecule has 0 saturated carbocycles. The molecule has 0 saturated heterocycles. The Hall–Kier alpha value is 0.190. The third kappa shape index (κ3) is 2.84. The minimum absolute atomic E-state index is 0.340. The largest absolute Gasteiger partial charge is 0.344 e. The second-order valence-corrected chi connectivity index (χ2v) is 4.56. The van der Waals surface area contributed by atoms with E-state index in [2.05, 4.69) is 6.92 Å². The Kier molecular flexibility index (Phi) is 2.03. The Morgan fingerprint density at radius 3 is 2.00 bits per heavy atom. The first kappa shape index (κ1) is 7.19. The van der Waals surface area contributed by atoms with Gasteiger partial charge in [0.25, 0.3) is 0 Å². The van der Waals surface area contributed by atoms with Gasteiger partial charge < -0.3 is 4.89 Å². The van der Waals surface area contributed by atoms with Crippen LogP contribution >= 0.6 is 7.37 Å². The third-order valence-electron chi connectivity index (χ3n) is 0.818. The van der Waals surface area contributed by atoms with Gasteiger partial charge in [-0.2, -0.15) is 0 Å². The molecule has 2 nitrogen and oxygen atoms in total. The van der Waals surface area contributed by atoms with Crippen molar-refractivity contribution in [2.45, 2.75) is 12.6 Å². The minimum atomic E-state index is -2.85. The van der Waals surface area contributed by atoms with Crippen molar-refractivity contribution in [1.29, 1.82) is 0 Å². The Morgan fingerprint density at radius 1 is 1.86 bits per heavy atom. The van der Waals surface area contributed by atoms with Gasteiger partial charge >= 0.3 is 0 Å². The molecule has 0 aromatic rings. The lowest BCUT2D eigenvalue weighted by Crippen LogP contribution is -1.93. The molecule has 1 radical (unpaired) electrons. The summed E-state index contributed by atoms with van der Waals surface area (Å²) in [4.78, 5) is 8.59. The molecule has 0 rings (SSSR count). The lowest BCUT2D eigenvalue weighted by atomic mass is 10.6. The Bertz CT molecular complexity index is 91.9. The molecule has 0 spiro atoms. The summed E-state index contributed by atoms with van der Waals surface area (Å²) in [5, 5.41) is 0. The van der Waals surface area contributed by atoms with Crippen LogP contribution in [0.25, 0.3) is 0 Å². The summed E-state index contributed by atoms with van der Waals surface area (Å²) in [5.41, 5.74) is -0.340. The van der Waals surface area contributed by atoms with Crippen LogP contribution in [0.15, 0.2) is 0 Å². The Labute approximate surface area is 44.0 Å². The smallest absolute Gasteiger partial charge is 0.200 e. The maximum absolute atomic E-state index is 10.4. The van der Waals surface area contributed by atoms with Gasteiger partial charge in [-0.1, -0.05) is 6.92 Å². The molecule has 7 heavy (non-hydrogen) atoms. The van der Waals surface area contributed by atoms with Crippen molar-refractivity contribution in [3.63, 3.8) is 0 Å². The molecule has 1 N–H and O–H groups in total. The van der Waals surface area contributed by atoms with Crippen LogP contribution in [0.3, 0.4) is 0 Å². The number of hydrogen-bond donors (Lipinski definition) is 1. The summed E-state index contributed by atoms with van der Waals surface area (Å²) in [7, 11) is -2.85. The van der Waals surface area contributed by atoms with Crippen molar-refractivity contribution >= 4 is 7.37 Å². The van der Waals surface area contributed by atoms with Gasteiger partial charge in [-0.3, -0.25) is 4.57 Å². The van der Waals surface area contributed by atoms with Crippen LogP contribution in [0, 0.1) is 6.92 Å². The summed E-state index contributed by atoms with van der Waals surface area (Å²) in [6.07, 6.45) is 0. The molecule has 0 aliphatic heterocycles. The molecule has 43 valence electrons. The van der Waals surface area contributed by atoms with E-state index in [4.69, 9.17) is 4.89 Å². The molecule has 2 atom stereocenters. The van der Waals surface area contributed by atoms with E-state index in [1.54, 1.807) is 6.92 Å². The highest BCUT2D eigenvalue weighted by Crippen LogP contribution is 2.40. The predicted octanol–water partition coefficient (Wildman–Crippen LogP) is 1.11. The van der Waals surface area contributed by atoms with Crippen LogP contribution in [-0.4, -0.2) is 17.2 Å². The monoisotopic (exact) mass is 121 g/mol. The molecule has 0 bridgehead atoms. The van der Waals surface area contributed by atoms with Crippen molar-refractivity contribution in [2.75, 3.05) is 6.66 Å². The fourth-order valence-electron chi connectivity index (χ4n) is 0. The van der Waals surface area contributed by atoms with Gasteiger partial charge in [-0.25, -0.2) is 0 Å². The van der Waals surface area contributed by atoms with Gasteiger partial charge in [-0.05, 0) is 6.92 Å². The zero-order valence-electron chi connectivity index (χ0n) is 4.59. The lowest BCUT2D eigenvalue weighted by molar-refractivity contribution is 0.479. The van der Waals surface area contributed by atoms with Gasteiger partial charge in [-0.15, -0.1) is 0 Å². The van der Waals surface area contributed by atoms with Crippen LogP contribution in [0.2, 0.25) is 0 Å². The number of hydrogen-bond acceptors (Lipinski definition) is 1. The standard InChI is InChI=1S/C4H10O2P/c1-4(2)7(3,5)6/h4H,1H2,2-3H3,(H,5,6). The first-order chi connectivity index (χ1) is 2.94. The third-order valence-corrected chi connectivity index (χ3v) is 2.45. The van der Waals surface area contributed by atoms with Crippen LogP contribution in [0.1, 0.15) is 6.92 Å². The second-order valence-electron chi connectivity index (χ2n) is 1.79. The summed E-state index contributed by atoms with van der Waals surface area (Å²) in [6, 6.07) is 0. The van der Waals surface area contributed by atoms with Crippen molar-refractivity contribution in [3.05, 3.63) is 6.92 Å². The highest BCUT2D eigenvalue weighted by Gasteiger charge is 2.13. The van der Waals surface area contributed by atoms with Crippen LogP contribution in [-0.2, 0) is 4.57 Å². The van der Waals surface area contributed by atoms with Crippen molar-refractivity contribution < 1.29 is 9.46 Å². The molecule has 0 aliphatic rings. The highest BCUT2D eigenvalue weighted by molar-refractivity contribution is 7.58. The first-order valence-corrected chi connectivity index (χ1v) is 4.25. The van der Waals surface area contributed by atoms with Crippen molar-refractivity contribution in [1.82, 2.24) is 0 Å². The quantitative estimate of drug-likeness (QED) is 0.527. The van der Waals surface area contributed by atoms with E-state index >= 15 is 0 Å². The molecular weight excluding hydrogens is 111 g/mol. The van der Waals surface area contributed by atoms with Gasteiger partial charge in [0.05, 0.1) is 0 Å². The summed E-state index contributed by atoms with van der Waals surface area (Å²) >= 11 is 0. The van der Waals surface area contributed by atoms with Crippen molar-refractivity contribution in [2.24, 2.45) is 0 Å². The normalized spacial score (nSPS) is 19.6. The van der Waals surface area contributed by atoms with Crippen molar-refractivity contribution in [3.8, 4) is 0 Å². The fourth-order valence-corrected chi connectivity index (χ4v) is 0. The van der Waals surface area contributed by atoms with Crippen LogP contribution in [0.5, 0.6) is 0 Å². The summed E-state index contributed by atoms with van der Waals surface area (Å²) < 4.78 is 10.4. The molecule has 0 heterocycles. The van der Waals surface area contributed by atoms with E-state index in [1.807, 2.05) is 0 Å². The van der Waals surface area contributed by atoms with E-state index in [9.17, 15) is 4.57 Å². The summed E-state index contributed by atoms with van der Waals surface area (Å²) in [6.45, 7) is 6.33. The zero-order valence-corrected chi connectivity index (χ0v) is 5.48. The lowest BCUT2D eigenvalue weighted by Gasteiger charge is -2.06. The first-order valence-electron chi connectivity index (χ1n) is 2.07. The molecule has 2 unspecified atom stereocenters. The van der Waals surface area contributed by atoms with E-state index in [0.29, 0.717) is 0 Å². The minimum Gasteiger partial charge on any atom is -0.344 e. The van der Waals surface area contributed by atoms with E-state index in [0.717, 1.165) is 0 Å². The van der Waals surface area contributed by atoms with Crippen LogP contribution < -0.4 is 0 Å². The SMILES string of the molecule is [CH2]C(C)P(C)(=O)O. The maximum atomic E-state index is 10.4. The fraction of sp³-hybridized carbons (Fsp3) is 0.750. The average molecular weight is 121 g/mol. The van der Waals surface area contributed by atoms with Gasteiger partial charge in [0.15, 0.2) is 7.37 Å². The maximum Gasteiger partial charge on any atom is 0.200 e.